The summed E-state index contributed by atoms with van der Waals surface area (Å²) in [7, 11) is 0. The van der Waals surface area contributed by atoms with Crippen molar-refractivity contribution in [3.05, 3.63) is 29.3 Å². The van der Waals surface area contributed by atoms with Gasteiger partial charge in [0.1, 0.15) is 6.67 Å². The molecule has 86 valence electrons. The van der Waals surface area contributed by atoms with Crippen LogP contribution in [0.3, 0.4) is 0 Å². The highest BCUT2D eigenvalue weighted by Crippen LogP contribution is 2.24. The summed E-state index contributed by atoms with van der Waals surface area (Å²) in [6, 6.07) is 5.58. The molecule has 1 aromatic rings. The number of hydrogen-bond donors (Lipinski definition) is 2. The molecule has 3 nitrogen and oxygen atoms in total. The van der Waals surface area contributed by atoms with Crippen molar-refractivity contribution in [2.45, 2.75) is 19.3 Å². The van der Waals surface area contributed by atoms with E-state index >= 15 is 0 Å². The first-order valence-corrected chi connectivity index (χ1v) is 5.52. The number of rotatable bonds is 3. The van der Waals surface area contributed by atoms with Crippen LogP contribution >= 0.6 is 0 Å². The molecule has 2 rings (SSSR count). The van der Waals surface area contributed by atoms with Crippen LogP contribution in [0, 0.1) is 0 Å². The van der Waals surface area contributed by atoms with E-state index in [2.05, 4.69) is 10.6 Å². The molecule has 16 heavy (non-hydrogen) atoms. The molecule has 0 saturated carbocycles. The number of nitrogens with one attached hydrogen (secondary N) is 2. The molecule has 2 N–H and O–H groups in total. The Kier molecular flexibility index (Phi) is 3.39. The van der Waals surface area contributed by atoms with E-state index in [1.807, 2.05) is 18.2 Å². The van der Waals surface area contributed by atoms with E-state index in [0.717, 1.165) is 18.5 Å². The molecule has 1 aliphatic rings. The van der Waals surface area contributed by atoms with Crippen molar-refractivity contribution in [3.8, 4) is 0 Å². The second-order valence-electron chi connectivity index (χ2n) is 3.91. The van der Waals surface area contributed by atoms with Crippen LogP contribution in [0.1, 0.15) is 17.5 Å². The van der Waals surface area contributed by atoms with Crippen LogP contribution in [0.4, 0.5) is 14.9 Å². The van der Waals surface area contributed by atoms with Crippen LogP contribution in [0.15, 0.2) is 18.2 Å². The molecule has 0 bridgehead atoms. The Hall–Kier alpha value is -1.58. The first-order chi connectivity index (χ1) is 7.79. The highest BCUT2D eigenvalue weighted by molar-refractivity contribution is 5.89. The zero-order chi connectivity index (χ0) is 11.4. The largest absolute Gasteiger partial charge is 0.335 e. The monoisotopic (exact) mass is 222 g/mol. The lowest BCUT2D eigenvalue weighted by atomic mass is 10.1. The number of anilines is 1. The minimum atomic E-state index is -0.544. The Labute approximate surface area is 94.0 Å². The lowest BCUT2D eigenvalue weighted by Crippen LogP contribution is -2.30. The third-order valence-corrected chi connectivity index (χ3v) is 2.74. The van der Waals surface area contributed by atoms with Gasteiger partial charge < -0.3 is 10.6 Å². The maximum absolute atomic E-state index is 11.8. The van der Waals surface area contributed by atoms with Crippen LogP contribution < -0.4 is 10.6 Å². The van der Waals surface area contributed by atoms with Gasteiger partial charge in [-0.05, 0) is 42.5 Å². The molecule has 0 spiro atoms. The van der Waals surface area contributed by atoms with E-state index in [-0.39, 0.29) is 12.6 Å². The number of fused-ring (bicyclic) bond motifs is 1. The van der Waals surface area contributed by atoms with Crippen molar-refractivity contribution in [1.29, 1.82) is 0 Å². The summed E-state index contributed by atoms with van der Waals surface area (Å²) in [5.41, 5.74) is 3.45. The minimum Gasteiger partial charge on any atom is -0.335 e. The molecule has 0 aliphatic heterocycles. The number of carbonyl (C=O) groups is 1. The van der Waals surface area contributed by atoms with Crippen molar-refractivity contribution < 1.29 is 9.18 Å². The van der Waals surface area contributed by atoms with Crippen molar-refractivity contribution in [2.24, 2.45) is 0 Å². The van der Waals surface area contributed by atoms with Gasteiger partial charge in [-0.2, -0.15) is 0 Å². The van der Waals surface area contributed by atoms with E-state index in [0.29, 0.717) is 0 Å². The summed E-state index contributed by atoms with van der Waals surface area (Å²) in [5, 5.41) is 5.11. The minimum absolute atomic E-state index is 0.0524. The summed E-state index contributed by atoms with van der Waals surface area (Å²) < 4.78 is 11.8. The van der Waals surface area contributed by atoms with Crippen LogP contribution in [-0.4, -0.2) is 19.3 Å². The van der Waals surface area contributed by atoms with Gasteiger partial charge in [0.05, 0.1) is 0 Å². The average molecular weight is 222 g/mol. The molecular weight excluding hydrogens is 207 g/mol. The zero-order valence-electron chi connectivity index (χ0n) is 9.05. The number of alkyl halides is 1. The smallest absolute Gasteiger partial charge is 0.319 e. The molecular formula is C12H15FN2O. The van der Waals surface area contributed by atoms with E-state index in [1.54, 1.807) is 0 Å². The van der Waals surface area contributed by atoms with Gasteiger partial charge in [-0.15, -0.1) is 0 Å². The fourth-order valence-electron chi connectivity index (χ4n) is 1.99. The maximum Gasteiger partial charge on any atom is 0.319 e. The van der Waals surface area contributed by atoms with Crippen molar-refractivity contribution in [1.82, 2.24) is 5.32 Å². The molecule has 0 radical (unpaired) electrons. The van der Waals surface area contributed by atoms with Crippen LogP contribution in [0.5, 0.6) is 0 Å². The van der Waals surface area contributed by atoms with Crippen LogP contribution in [0.2, 0.25) is 0 Å². The predicted octanol–water partition coefficient (Wildman–Crippen LogP) is 2.27. The van der Waals surface area contributed by atoms with E-state index in [9.17, 15) is 9.18 Å². The summed E-state index contributed by atoms with van der Waals surface area (Å²) >= 11 is 0. The molecule has 2 amide bonds. The third kappa shape index (κ3) is 2.51. The Morgan fingerprint density at radius 2 is 2.12 bits per heavy atom. The number of carbonyl (C=O) groups excluding carboxylic acids is 1. The molecule has 0 saturated heterocycles. The van der Waals surface area contributed by atoms with Gasteiger partial charge in [0.2, 0.25) is 0 Å². The fraction of sp³-hybridized carbons (Fsp3) is 0.417. The Morgan fingerprint density at radius 1 is 1.31 bits per heavy atom. The van der Waals surface area contributed by atoms with Crippen LogP contribution in [0.25, 0.3) is 0 Å². The number of halogens is 1. The van der Waals surface area contributed by atoms with Gasteiger partial charge in [-0.1, -0.05) is 6.07 Å². The van der Waals surface area contributed by atoms with Gasteiger partial charge in [-0.25, -0.2) is 9.18 Å². The maximum atomic E-state index is 11.8. The zero-order valence-corrected chi connectivity index (χ0v) is 9.05. The first kappa shape index (κ1) is 10.9. The normalized spacial score (nSPS) is 13.3. The van der Waals surface area contributed by atoms with Gasteiger partial charge in [0, 0.05) is 12.2 Å². The number of amides is 2. The lowest BCUT2D eigenvalue weighted by Gasteiger charge is -2.07. The SMILES string of the molecule is O=C(NCCF)Nc1ccc2c(c1)CCC2. The number of aryl methyl sites for hydroxylation is 2. The van der Waals surface area contributed by atoms with Gasteiger partial charge in [0.25, 0.3) is 0 Å². The summed E-state index contributed by atoms with van der Waals surface area (Å²) in [4.78, 5) is 11.3. The molecule has 0 heterocycles. The summed E-state index contributed by atoms with van der Waals surface area (Å²) in [6.07, 6.45) is 3.40. The standard InChI is InChI=1S/C12H15FN2O/c13-6-7-14-12(16)15-11-5-4-9-2-1-3-10(9)8-11/h4-5,8H,1-3,6-7H2,(H2,14,15,16). The van der Waals surface area contributed by atoms with Crippen molar-refractivity contribution >= 4 is 11.7 Å². The molecule has 1 aromatic carbocycles. The quantitative estimate of drug-likeness (QED) is 0.809. The fourth-order valence-corrected chi connectivity index (χ4v) is 1.99. The molecule has 0 fully saturated rings. The lowest BCUT2D eigenvalue weighted by molar-refractivity contribution is 0.251. The molecule has 0 aromatic heterocycles. The molecule has 1 aliphatic carbocycles. The van der Waals surface area contributed by atoms with Crippen LogP contribution in [-0.2, 0) is 12.8 Å². The predicted molar refractivity (Wildman–Crippen MR) is 61.5 cm³/mol. The van der Waals surface area contributed by atoms with Crippen molar-refractivity contribution in [3.63, 3.8) is 0 Å². The molecule has 4 heteroatoms. The summed E-state index contributed by atoms with van der Waals surface area (Å²) in [6.45, 7) is -0.492. The number of hydrogen-bond acceptors (Lipinski definition) is 1. The second kappa shape index (κ2) is 4.96. The summed E-state index contributed by atoms with van der Waals surface area (Å²) in [5.74, 6) is 0. The Balaban J connectivity index is 1.97. The van der Waals surface area contributed by atoms with Gasteiger partial charge in [0.15, 0.2) is 0 Å². The highest BCUT2D eigenvalue weighted by Gasteiger charge is 2.11. The van der Waals surface area contributed by atoms with E-state index < -0.39 is 6.67 Å². The second-order valence-corrected chi connectivity index (χ2v) is 3.91. The molecule has 0 atom stereocenters. The first-order valence-electron chi connectivity index (χ1n) is 5.52. The Morgan fingerprint density at radius 3 is 2.94 bits per heavy atom. The van der Waals surface area contributed by atoms with Crippen molar-refractivity contribution in [2.75, 3.05) is 18.5 Å². The number of urea groups is 1. The number of benzene rings is 1. The third-order valence-electron chi connectivity index (χ3n) is 2.74. The average Bonchev–Trinajstić information content (AvgIpc) is 2.73. The molecule has 0 unspecified atom stereocenters. The topological polar surface area (TPSA) is 41.1 Å². The van der Waals surface area contributed by atoms with Gasteiger partial charge in [-0.3, -0.25) is 0 Å². The highest BCUT2D eigenvalue weighted by atomic mass is 19.1. The Bertz CT molecular complexity index is 393. The van der Waals surface area contributed by atoms with Gasteiger partial charge >= 0.3 is 6.03 Å². The van der Waals surface area contributed by atoms with E-state index in [1.165, 1.54) is 17.5 Å². The van der Waals surface area contributed by atoms with E-state index in [4.69, 9.17) is 0 Å².